The molecule has 1 heterocycles. The van der Waals surface area contributed by atoms with Crippen molar-refractivity contribution in [2.45, 2.75) is 32.2 Å². The van der Waals surface area contributed by atoms with Crippen LogP contribution in [0.3, 0.4) is 0 Å². The van der Waals surface area contributed by atoms with E-state index < -0.39 is 0 Å². The number of thiophene rings is 1. The summed E-state index contributed by atoms with van der Waals surface area (Å²) in [6.07, 6.45) is 3.20. The first kappa shape index (κ1) is 9.87. The summed E-state index contributed by atoms with van der Waals surface area (Å²) in [6.45, 7) is 2.87. The second-order valence-electron chi connectivity index (χ2n) is 3.81. The van der Waals surface area contributed by atoms with Crippen LogP contribution in [0.15, 0.2) is 12.1 Å². The largest absolute Gasteiger partial charge is 0.314 e. The molecule has 76 valence electrons. The fourth-order valence-corrected chi connectivity index (χ4v) is 2.22. The van der Waals surface area contributed by atoms with Crippen LogP contribution in [-0.2, 0) is 0 Å². The highest BCUT2D eigenvalue weighted by Crippen LogP contribution is 2.19. The molecular formula is C11H15NOS. The number of hydrogen-bond acceptors (Lipinski definition) is 3. The molecule has 1 fully saturated rings. The lowest BCUT2D eigenvalue weighted by Gasteiger charge is -1.99. The van der Waals surface area contributed by atoms with E-state index in [1.165, 1.54) is 17.7 Å². The molecule has 2 rings (SSSR count). The quantitative estimate of drug-likeness (QED) is 0.754. The van der Waals surface area contributed by atoms with Crippen molar-refractivity contribution >= 4 is 17.1 Å². The van der Waals surface area contributed by atoms with Crippen molar-refractivity contribution in [3.8, 4) is 0 Å². The monoisotopic (exact) mass is 209 g/mol. The summed E-state index contributed by atoms with van der Waals surface area (Å²) in [7, 11) is 0. The van der Waals surface area contributed by atoms with E-state index in [0.29, 0.717) is 12.5 Å². The van der Waals surface area contributed by atoms with Gasteiger partial charge in [-0.1, -0.05) is 0 Å². The van der Waals surface area contributed by atoms with Crippen LogP contribution in [0.4, 0.5) is 0 Å². The lowest BCUT2D eigenvalue weighted by atomic mass is 10.2. The molecule has 1 aliphatic carbocycles. The first-order valence-electron chi connectivity index (χ1n) is 5.09. The number of ketones is 1. The molecule has 3 heteroatoms. The fraction of sp³-hybridized carbons (Fsp3) is 0.545. The molecule has 1 aliphatic rings. The van der Waals surface area contributed by atoms with Gasteiger partial charge in [-0.05, 0) is 31.9 Å². The van der Waals surface area contributed by atoms with Gasteiger partial charge in [-0.3, -0.25) is 4.79 Å². The maximum atomic E-state index is 11.6. The predicted molar refractivity (Wildman–Crippen MR) is 59.0 cm³/mol. The van der Waals surface area contributed by atoms with Crippen molar-refractivity contribution in [3.05, 3.63) is 21.9 Å². The van der Waals surface area contributed by atoms with Gasteiger partial charge >= 0.3 is 0 Å². The van der Waals surface area contributed by atoms with E-state index in [9.17, 15) is 4.79 Å². The van der Waals surface area contributed by atoms with Crippen molar-refractivity contribution < 1.29 is 4.79 Å². The van der Waals surface area contributed by atoms with Crippen LogP contribution in [0.1, 0.15) is 33.8 Å². The SMILES string of the molecule is Cc1ccc(C(=O)CCNC2CC2)s1. The van der Waals surface area contributed by atoms with E-state index in [1.54, 1.807) is 11.3 Å². The molecule has 0 bridgehead atoms. The average Bonchev–Trinajstić information content (AvgIpc) is 2.87. The predicted octanol–water partition coefficient (Wildman–Crippen LogP) is 2.38. The molecule has 2 nitrogen and oxygen atoms in total. The van der Waals surface area contributed by atoms with Crippen LogP contribution >= 0.6 is 11.3 Å². The molecule has 0 saturated heterocycles. The van der Waals surface area contributed by atoms with E-state index in [-0.39, 0.29) is 5.78 Å². The molecule has 0 spiro atoms. The van der Waals surface area contributed by atoms with Gasteiger partial charge < -0.3 is 5.32 Å². The number of aryl methyl sites for hydroxylation is 1. The zero-order chi connectivity index (χ0) is 9.97. The summed E-state index contributed by atoms with van der Waals surface area (Å²) in [4.78, 5) is 13.7. The van der Waals surface area contributed by atoms with Crippen LogP contribution in [0, 0.1) is 6.92 Å². The number of nitrogens with one attached hydrogen (secondary N) is 1. The summed E-state index contributed by atoms with van der Waals surface area (Å²) in [5.41, 5.74) is 0. The molecule has 0 radical (unpaired) electrons. The normalized spacial score (nSPS) is 15.8. The molecular weight excluding hydrogens is 194 g/mol. The Morgan fingerprint density at radius 1 is 1.57 bits per heavy atom. The van der Waals surface area contributed by atoms with Gasteiger partial charge in [-0.2, -0.15) is 0 Å². The zero-order valence-corrected chi connectivity index (χ0v) is 9.19. The number of carbonyl (C=O) groups is 1. The van der Waals surface area contributed by atoms with Gasteiger partial charge in [0.2, 0.25) is 0 Å². The standard InChI is InChI=1S/C11H15NOS/c1-8-2-5-11(14-8)10(13)6-7-12-9-3-4-9/h2,5,9,12H,3-4,6-7H2,1H3. The molecule has 0 amide bonds. The maximum absolute atomic E-state index is 11.6. The second kappa shape index (κ2) is 4.24. The summed E-state index contributed by atoms with van der Waals surface area (Å²) in [5, 5.41) is 3.35. The van der Waals surface area contributed by atoms with Crippen molar-refractivity contribution in [3.63, 3.8) is 0 Å². The minimum absolute atomic E-state index is 0.274. The Bertz CT molecular complexity index is 328. The topological polar surface area (TPSA) is 29.1 Å². The summed E-state index contributed by atoms with van der Waals surface area (Å²) in [5.74, 6) is 0.274. The maximum Gasteiger partial charge on any atom is 0.174 e. The van der Waals surface area contributed by atoms with Crippen molar-refractivity contribution in [2.24, 2.45) is 0 Å². The van der Waals surface area contributed by atoms with Crippen LogP contribution in [-0.4, -0.2) is 18.4 Å². The molecule has 0 aromatic carbocycles. The lowest BCUT2D eigenvalue weighted by Crippen LogP contribution is -2.19. The third-order valence-electron chi connectivity index (χ3n) is 2.38. The van der Waals surface area contributed by atoms with E-state index in [2.05, 4.69) is 5.32 Å². The smallest absolute Gasteiger partial charge is 0.174 e. The van der Waals surface area contributed by atoms with E-state index in [0.717, 1.165) is 11.4 Å². The first-order valence-corrected chi connectivity index (χ1v) is 5.90. The fourth-order valence-electron chi connectivity index (χ4n) is 1.38. The Balaban J connectivity index is 1.76. The Morgan fingerprint density at radius 3 is 2.93 bits per heavy atom. The van der Waals surface area contributed by atoms with Crippen molar-refractivity contribution in [2.75, 3.05) is 6.54 Å². The molecule has 1 N–H and O–H groups in total. The lowest BCUT2D eigenvalue weighted by molar-refractivity contribution is 0.0986. The Labute approximate surface area is 88.3 Å². The highest BCUT2D eigenvalue weighted by atomic mass is 32.1. The number of carbonyl (C=O) groups excluding carboxylic acids is 1. The summed E-state index contributed by atoms with van der Waals surface area (Å²) >= 11 is 1.59. The van der Waals surface area contributed by atoms with Gasteiger partial charge in [-0.15, -0.1) is 11.3 Å². The molecule has 1 saturated carbocycles. The Kier molecular flexibility index (Phi) is 2.99. The minimum atomic E-state index is 0.274. The highest BCUT2D eigenvalue weighted by Gasteiger charge is 2.20. The molecule has 0 aliphatic heterocycles. The number of Topliss-reactive ketones (excluding diaryl/α,β-unsaturated/α-hetero) is 1. The zero-order valence-electron chi connectivity index (χ0n) is 8.38. The van der Waals surface area contributed by atoms with Gasteiger partial charge in [0.15, 0.2) is 5.78 Å². The minimum Gasteiger partial charge on any atom is -0.314 e. The summed E-state index contributed by atoms with van der Waals surface area (Å²) < 4.78 is 0. The van der Waals surface area contributed by atoms with E-state index in [1.807, 2.05) is 19.1 Å². The molecule has 0 unspecified atom stereocenters. The van der Waals surface area contributed by atoms with Gasteiger partial charge in [-0.25, -0.2) is 0 Å². The highest BCUT2D eigenvalue weighted by molar-refractivity contribution is 7.14. The summed E-state index contributed by atoms with van der Waals surface area (Å²) in [6, 6.07) is 4.64. The van der Waals surface area contributed by atoms with Gasteiger partial charge in [0.25, 0.3) is 0 Å². The van der Waals surface area contributed by atoms with Crippen LogP contribution in [0.2, 0.25) is 0 Å². The van der Waals surface area contributed by atoms with Crippen LogP contribution in [0.5, 0.6) is 0 Å². The van der Waals surface area contributed by atoms with Crippen LogP contribution in [0.25, 0.3) is 0 Å². The van der Waals surface area contributed by atoms with Crippen LogP contribution < -0.4 is 5.32 Å². The third-order valence-corrected chi connectivity index (χ3v) is 3.42. The van der Waals surface area contributed by atoms with Gasteiger partial charge in [0, 0.05) is 23.9 Å². The molecule has 1 aromatic rings. The molecule has 0 atom stereocenters. The Morgan fingerprint density at radius 2 is 2.36 bits per heavy atom. The molecule has 1 aromatic heterocycles. The average molecular weight is 209 g/mol. The van der Waals surface area contributed by atoms with E-state index in [4.69, 9.17) is 0 Å². The second-order valence-corrected chi connectivity index (χ2v) is 5.10. The number of hydrogen-bond donors (Lipinski definition) is 1. The van der Waals surface area contributed by atoms with Gasteiger partial charge in [0.1, 0.15) is 0 Å². The van der Waals surface area contributed by atoms with Crippen molar-refractivity contribution in [1.29, 1.82) is 0 Å². The van der Waals surface area contributed by atoms with Gasteiger partial charge in [0.05, 0.1) is 4.88 Å². The van der Waals surface area contributed by atoms with E-state index >= 15 is 0 Å². The van der Waals surface area contributed by atoms with Crippen molar-refractivity contribution in [1.82, 2.24) is 5.32 Å². The number of rotatable bonds is 5. The Hall–Kier alpha value is -0.670. The molecule has 14 heavy (non-hydrogen) atoms. The first-order chi connectivity index (χ1) is 6.75. The third kappa shape index (κ3) is 2.66.